The fourth-order valence-electron chi connectivity index (χ4n) is 3.97. The van der Waals surface area contributed by atoms with Crippen LogP contribution in [-0.4, -0.2) is 32.6 Å². The van der Waals surface area contributed by atoms with Crippen molar-refractivity contribution in [2.45, 2.75) is 49.9 Å². The normalized spacial score (nSPS) is 28.9. The van der Waals surface area contributed by atoms with Gasteiger partial charge >= 0.3 is 0 Å². The molecule has 2 N–H and O–H groups in total. The van der Waals surface area contributed by atoms with E-state index in [0.717, 1.165) is 18.4 Å². The highest BCUT2D eigenvalue weighted by atomic mass is 19.1. The predicted molar refractivity (Wildman–Crippen MR) is 88.0 cm³/mol. The van der Waals surface area contributed by atoms with Crippen LogP contribution in [0.4, 0.5) is 4.39 Å². The van der Waals surface area contributed by atoms with Gasteiger partial charge in [0.1, 0.15) is 5.82 Å². The van der Waals surface area contributed by atoms with Crippen LogP contribution in [0.15, 0.2) is 41.2 Å². The van der Waals surface area contributed by atoms with Crippen LogP contribution in [0.5, 0.6) is 0 Å². The van der Waals surface area contributed by atoms with Crippen LogP contribution in [0, 0.1) is 5.82 Å². The molecule has 0 radical (unpaired) electrons. The second-order valence-corrected chi connectivity index (χ2v) is 6.99. The molecule has 0 saturated carbocycles. The first-order valence-electron chi connectivity index (χ1n) is 8.33. The molecule has 2 bridgehead atoms. The van der Waals surface area contributed by atoms with Crippen molar-refractivity contribution in [3.8, 4) is 11.3 Å². The summed E-state index contributed by atoms with van der Waals surface area (Å²) in [6.45, 7) is 0.190. The summed E-state index contributed by atoms with van der Waals surface area (Å²) in [4.78, 5) is 12.2. The Morgan fingerprint density at radius 2 is 1.83 bits per heavy atom. The maximum atomic E-state index is 13.1. The molecule has 1 aromatic heterocycles. The number of hydrogen-bond donors (Lipinski definition) is 2. The zero-order valence-electron chi connectivity index (χ0n) is 13.3. The average molecular weight is 329 g/mol. The van der Waals surface area contributed by atoms with Gasteiger partial charge in [-0.3, -0.25) is 4.79 Å². The van der Waals surface area contributed by atoms with Gasteiger partial charge in [-0.05, 0) is 56.0 Å². The van der Waals surface area contributed by atoms with E-state index in [-0.39, 0.29) is 17.9 Å². The van der Waals surface area contributed by atoms with Gasteiger partial charge in [-0.15, -0.1) is 0 Å². The van der Waals surface area contributed by atoms with Crippen LogP contribution in [0.2, 0.25) is 0 Å². The molecular weight excluding hydrogens is 309 g/mol. The molecule has 4 rings (SSSR count). The van der Waals surface area contributed by atoms with E-state index in [4.69, 9.17) is 0 Å². The third-order valence-electron chi connectivity index (χ3n) is 5.04. The second kappa shape index (κ2) is 5.79. The Hall–Kier alpha value is -2.05. The Bertz CT molecular complexity index is 791. The van der Waals surface area contributed by atoms with Gasteiger partial charge in [-0.25, -0.2) is 9.07 Å². The topological polar surface area (TPSA) is 67.2 Å². The average Bonchev–Trinajstić information content (AvgIpc) is 2.90. The van der Waals surface area contributed by atoms with Crippen molar-refractivity contribution in [2.75, 3.05) is 0 Å². The van der Waals surface area contributed by atoms with Gasteiger partial charge in [0, 0.05) is 23.7 Å². The van der Waals surface area contributed by atoms with Crippen molar-refractivity contribution < 1.29 is 9.50 Å². The first-order valence-corrected chi connectivity index (χ1v) is 8.33. The number of benzene rings is 1. The fourth-order valence-corrected chi connectivity index (χ4v) is 3.97. The molecule has 0 amide bonds. The minimum absolute atomic E-state index is 0.190. The number of halogens is 1. The van der Waals surface area contributed by atoms with Crippen LogP contribution >= 0.6 is 0 Å². The van der Waals surface area contributed by atoms with Gasteiger partial charge in [0.25, 0.3) is 5.56 Å². The van der Waals surface area contributed by atoms with E-state index in [1.807, 2.05) is 0 Å². The van der Waals surface area contributed by atoms with E-state index in [1.54, 1.807) is 18.2 Å². The monoisotopic (exact) mass is 329 g/mol. The largest absolute Gasteiger partial charge is 0.388 e. The highest BCUT2D eigenvalue weighted by Gasteiger charge is 2.42. The number of nitrogens with one attached hydrogen (secondary N) is 1. The summed E-state index contributed by atoms with van der Waals surface area (Å²) in [5.41, 5.74) is 0.188. The van der Waals surface area contributed by atoms with Crippen molar-refractivity contribution in [2.24, 2.45) is 0 Å². The summed E-state index contributed by atoms with van der Waals surface area (Å²) in [6, 6.07) is 9.72. The lowest BCUT2D eigenvalue weighted by Gasteiger charge is -2.37. The van der Waals surface area contributed by atoms with Gasteiger partial charge in [-0.2, -0.15) is 5.10 Å². The lowest BCUT2D eigenvalue weighted by molar-refractivity contribution is -0.0249. The van der Waals surface area contributed by atoms with Gasteiger partial charge in [0.2, 0.25) is 0 Å². The van der Waals surface area contributed by atoms with Gasteiger partial charge in [0.15, 0.2) is 0 Å². The van der Waals surface area contributed by atoms with Crippen LogP contribution in [0.1, 0.15) is 25.7 Å². The van der Waals surface area contributed by atoms with Crippen LogP contribution < -0.4 is 10.9 Å². The Labute approximate surface area is 139 Å². The van der Waals surface area contributed by atoms with Crippen LogP contribution in [-0.2, 0) is 6.54 Å². The van der Waals surface area contributed by atoms with E-state index in [0.29, 0.717) is 30.6 Å². The molecule has 2 atom stereocenters. The summed E-state index contributed by atoms with van der Waals surface area (Å²) in [6.07, 6.45) is 3.42. The molecule has 2 aliphatic rings. The summed E-state index contributed by atoms with van der Waals surface area (Å²) >= 11 is 0. The molecule has 2 aliphatic heterocycles. The molecule has 3 heterocycles. The van der Waals surface area contributed by atoms with Crippen LogP contribution in [0.25, 0.3) is 11.3 Å². The summed E-state index contributed by atoms with van der Waals surface area (Å²) in [5, 5.41) is 18.8. The highest BCUT2D eigenvalue weighted by Crippen LogP contribution is 2.34. The lowest BCUT2D eigenvalue weighted by Crippen LogP contribution is -2.51. The molecular formula is C18H20FN3O2. The molecule has 24 heavy (non-hydrogen) atoms. The van der Waals surface area contributed by atoms with E-state index in [1.165, 1.54) is 22.9 Å². The standard InChI is InChI=1S/C18H20FN3O2/c19-13-3-1-12(2-4-13)16-7-8-17(23)22(21-16)11-18(24)9-14-5-6-15(10-18)20-14/h1-4,7-8,14-15,20,24H,5-6,9-11H2. The number of rotatable bonds is 3. The molecule has 2 unspecified atom stereocenters. The maximum absolute atomic E-state index is 13.1. The van der Waals surface area contributed by atoms with Crippen LogP contribution in [0.3, 0.4) is 0 Å². The lowest BCUT2D eigenvalue weighted by atomic mass is 9.87. The molecule has 2 saturated heterocycles. The number of piperidine rings is 1. The molecule has 6 heteroatoms. The zero-order valence-corrected chi connectivity index (χ0v) is 13.3. The molecule has 126 valence electrons. The van der Waals surface area contributed by atoms with Crippen molar-refractivity contribution >= 4 is 0 Å². The first-order chi connectivity index (χ1) is 11.5. The van der Waals surface area contributed by atoms with Crippen molar-refractivity contribution in [1.29, 1.82) is 0 Å². The van der Waals surface area contributed by atoms with E-state index in [2.05, 4.69) is 10.4 Å². The second-order valence-electron chi connectivity index (χ2n) is 6.99. The van der Waals surface area contributed by atoms with Crippen molar-refractivity contribution in [3.05, 3.63) is 52.6 Å². The Morgan fingerprint density at radius 3 is 2.50 bits per heavy atom. The van der Waals surface area contributed by atoms with Crippen molar-refractivity contribution in [3.63, 3.8) is 0 Å². The smallest absolute Gasteiger partial charge is 0.266 e. The van der Waals surface area contributed by atoms with Gasteiger partial charge in [-0.1, -0.05) is 0 Å². The van der Waals surface area contributed by atoms with Gasteiger partial charge < -0.3 is 10.4 Å². The quantitative estimate of drug-likeness (QED) is 0.899. The zero-order chi connectivity index (χ0) is 16.7. The summed E-state index contributed by atoms with van der Waals surface area (Å²) in [5.74, 6) is -0.313. The summed E-state index contributed by atoms with van der Waals surface area (Å²) < 4.78 is 14.4. The number of aromatic nitrogens is 2. The van der Waals surface area contributed by atoms with E-state index >= 15 is 0 Å². The minimum atomic E-state index is -0.907. The van der Waals surface area contributed by atoms with Gasteiger partial charge in [0.05, 0.1) is 17.8 Å². The molecule has 2 fully saturated rings. The van der Waals surface area contributed by atoms with E-state index in [9.17, 15) is 14.3 Å². The molecule has 2 aromatic rings. The molecule has 5 nitrogen and oxygen atoms in total. The van der Waals surface area contributed by atoms with Crippen molar-refractivity contribution in [1.82, 2.24) is 15.1 Å². The summed E-state index contributed by atoms with van der Waals surface area (Å²) in [7, 11) is 0. The Morgan fingerprint density at radius 1 is 1.17 bits per heavy atom. The Kier molecular flexibility index (Phi) is 3.73. The number of fused-ring (bicyclic) bond motifs is 2. The third kappa shape index (κ3) is 2.99. The Balaban J connectivity index is 1.62. The third-order valence-corrected chi connectivity index (χ3v) is 5.04. The minimum Gasteiger partial charge on any atom is -0.388 e. The maximum Gasteiger partial charge on any atom is 0.266 e. The predicted octanol–water partition coefficient (Wildman–Crippen LogP) is 1.69. The highest BCUT2D eigenvalue weighted by molar-refractivity contribution is 5.57. The molecule has 1 aromatic carbocycles. The number of nitrogens with zero attached hydrogens (tertiary/aromatic N) is 2. The molecule has 0 spiro atoms. The first kappa shape index (κ1) is 15.5. The fraction of sp³-hybridized carbons (Fsp3) is 0.444. The SMILES string of the molecule is O=c1ccc(-c2ccc(F)cc2)nn1CC1(O)CC2CCC(C1)N2. The number of hydrogen-bond acceptors (Lipinski definition) is 4. The number of aliphatic hydroxyl groups is 1. The van der Waals surface area contributed by atoms with E-state index < -0.39 is 5.60 Å². The molecule has 0 aliphatic carbocycles.